The zero-order chi connectivity index (χ0) is 18.9. The van der Waals surface area contributed by atoms with Gasteiger partial charge in [0.15, 0.2) is 5.82 Å². The molecule has 0 aliphatic carbocycles. The fraction of sp³-hybridized carbons (Fsp3) is 0.286. The van der Waals surface area contributed by atoms with Crippen LogP contribution in [0.2, 0.25) is 0 Å². The zero-order valence-electron chi connectivity index (χ0n) is 15.5. The normalized spacial score (nSPS) is 16.3. The fourth-order valence-electron chi connectivity index (χ4n) is 4.33. The van der Waals surface area contributed by atoms with Gasteiger partial charge >= 0.3 is 0 Å². The lowest BCUT2D eigenvalue weighted by Crippen LogP contribution is -2.24. The number of hydrogen-bond donors (Lipinski definition) is 1. The summed E-state index contributed by atoms with van der Waals surface area (Å²) in [4.78, 5) is 4.74. The molecular formula is C21H20F2N4. The fourth-order valence-corrected chi connectivity index (χ4v) is 4.33. The molecule has 4 nitrogen and oxygen atoms in total. The quantitative estimate of drug-likeness (QED) is 0.532. The number of benzene rings is 2. The van der Waals surface area contributed by atoms with Crippen LogP contribution in [0.1, 0.15) is 24.9 Å². The topological polar surface area (TPSA) is 34.8 Å². The Bertz CT molecular complexity index is 1220. The molecule has 0 amide bonds. The zero-order valence-corrected chi connectivity index (χ0v) is 15.5. The van der Waals surface area contributed by atoms with Crippen LogP contribution in [0.25, 0.3) is 33.5 Å². The van der Waals surface area contributed by atoms with E-state index in [-0.39, 0.29) is 17.7 Å². The molecule has 138 valence electrons. The van der Waals surface area contributed by atoms with Crippen LogP contribution in [0, 0.1) is 18.6 Å². The van der Waals surface area contributed by atoms with Crippen molar-refractivity contribution in [1.29, 1.82) is 0 Å². The van der Waals surface area contributed by atoms with Crippen LogP contribution in [0.15, 0.2) is 30.3 Å². The molecule has 0 saturated carbocycles. The average molecular weight is 366 g/mol. The molecule has 1 N–H and O–H groups in total. The maximum atomic E-state index is 14.6. The molecule has 1 aliphatic heterocycles. The summed E-state index contributed by atoms with van der Waals surface area (Å²) in [6, 6.07) is 8.69. The molecule has 6 heteroatoms. The lowest BCUT2D eigenvalue weighted by Gasteiger charge is -2.28. The van der Waals surface area contributed by atoms with E-state index in [1.807, 2.05) is 26.1 Å². The van der Waals surface area contributed by atoms with Gasteiger partial charge in [-0.1, -0.05) is 6.92 Å². The van der Waals surface area contributed by atoms with Crippen LogP contribution in [0.3, 0.4) is 0 Å². The highest BCUT2D eigenvalue weighted by Crippen LogP contribution is 2.40. The van der Waals surface area contributed by atoms with Gasteiger partial charge in [-0.25, -0.2) is 13.8 Å². The number of fused-ring (bicyclic) bond motifs is 1. The van der Waals surface area contributed by atoms with Crippen LogP contribution in [0.5, 0.6) is 0 Å². The van der Waals surface area contributed by atoms with E-state index < -0.39 is 0 Å². The smallest absolute Gasteiger partial charge is 0.157 e. The van der Waals surface area contributed by atoms with Crippen molar-refractivity contribution in [3.05, 3.63) is 47.5 Å². The molecule has 0 radical (unpaired) electrons. The van der Waals surface area contributed by atoms with E-state index in [2.05, 4.69) is 16.8 Å². The van der Waals surface area contributed by atoms with Crippen molar-refractivity contribution >= 4 is 27.6 Å². The lowest BCUT2D eigenvalue weighted by atomic mass is 10.1. The predicted octanol–water partition coefficient (Wildman–Crippen LogP) is 5.16. The first-order valence-corrected chi connectivity index (χ1v) is 9.19. The number of aryl methyl sites for hydroxylation is 2. The Labute approximate surface area is 155 Å². The summed E-state index contributed by atoms with van der Waals surface area (Å²) >= 11 is 0. The molecule has 1 unspecified atom stereocenters. The summed E-state index contributed by atoms with van der Waals surface area (Å²) in [5.41, 5.74) is 4.63. The molecule has 2 aromatic carbocycles. The maximum absolute atomic E-state index is 14.6. The highest BCUT2D eigenvalue weighted by atomic mass is 19.1. The monoisotopic (exact) mass is 366 g/mol. The lowest BCUT2D eigenvalue weighted by molar-refractivity contribution is 0.518. The van der Waals surface area contributed by atoms with Gasteiger partial charge in [-0.05, 0) is 49.2 Å². The molecule has 3 heterocycles. The summed E-state index contributed by atoms with van der Waals surface area (Å²) < 4.78 is 32.6. The Balaban J connectivity index is 1.87. The second-order valence-corrected chi connectivity index (χ2v) is 7.34. The number of nitrogens with zero attached hydrogens (tertiary/aromatic N) is 3. The summed E-state index contributed by atoms with van der Waals surface area (Å²) in [6.45, 7) is 4.72. The molecule has 5 rings (SSSR count). The van der Waals surface area contributed by atoms with E-state index in [1.54, 1.807) is 10.6 Å². The molecule has 2 aromatic heterocycles. The third-order valence-corrected chi connectivity index (χ3v) is 5.56. The summed E-state index contributed by atoms with van der Waals surface area (Å²) in [5.74, 6) is 0.147. The van der Waals surface area contributed by atoms with E-state index in [1.165, 1.54) is 12.1 Å². The number of anilines is 1. The van der Waals surface area contributed by atoms with Crippen LogP contribution < -0.4 is 5.32 Å². The number of aromatic nitrogens is 3. The minimum Gasteiger partial charge on any atom is -0.381 e. The number of nitrogens with one attached hydrogen (secondary N) is 1. The first kappa shape index (κ1) is 16.3. The average Bonchev–Trinajstić information content (AvgIpc) is 3.14. The van der Waals surface area contributed by atoms with Crippen LogP contribution in [0.4, 0.5) is 14.5 Å². The van der Waals surface area contributed by atoms with Crippen molar-refractivity contribution in [2.45, 2.75) is 26.3 Å². The van der Waals surface area contributed by atoms with E-state index in [0.29, 0.717) is 16.9 Å². The van der Waals surface area contributed by atoms with Crippen molar-refractivity contribution in [3.63, 3.8) is 0 Å². The van der Waals surface area contributed by atoms with Crippen molar-refractivity contribution in [2.75, 3.05) is 11.9 Å². The van der Waals surface area contributed by atoms with Gasteiger partial charge in [-0.2, -0.15) is 0 Å². The van der Waals surface area contributed by atoms with Gasteiger partial charge in [-0.3, -0.25) is 0 Å². The number of halogens is 2. The van der Waals surface area contributed by atoms with Crippen LogP contribution in [-0.2, 0) is 7.05 Å². The minimum atomic E-state index is -0.276. The SMILES string of the molecule is CCC1CNc2cc(F)cc3cc(-c4nc5cc(C)cc(F)c5n4C)n1c23. The Morgan fingerprint density at radius 3 is 2.74 bits per heavy atom. The Morgan fingerprint density at radius 1 is 1.15 bits per heavy atom. The van der Waals surface area contributed by atoms with Gasteiger partial charge < -0.3 is 14.5 Å². The molecule has 1 aliphatic rings. The largest absolute Gasteiger partial charge is 0.381 e. The van der Waals surface area contributed by atoms with Crippen LogP contribution in [-0.4, -0.2) is 20.7 Å². The van der Waals surface area contributed by atoms with Crippen molar-refractivity contribution < 1.29 is 8.78 Å². The highest BCUT2D eigenvalue weighted by molar-refractivity contribution is 5.97. The standard InChI is InChI=1S/C21H20F2N4/c1-4-14-10-24-16-9-13(22)7-12-8-18(27(14)19(12)16)21-25-17-6-11(2)5-15(23)20(17)26(21)3/h5-9,14,24H,4,10H2,1-3H3. The summed E-state index contributed by atoms with van der Waals surface area (Å²) in [7, 11) is 1.83. The van der Waals surface area contributed by atoms with Gasteiger partial charge in [0.05, 0.1) is 28.5 Å². The van der Waals surface area contributed by atoms with Gasteiger partial charge in [0.25, 0.3) is 0 Å². The van der Waals surface area contributed by atoms with Crippen molar-refractivity contribution in [2.24, 2.45) is 7.05 Å². The van der Waals surface area contributed by atoms with E-state index >= 15 is 0 Å². The molecular weight excluding hydrogens is 346 g/mol. The molecule has 0 spiro atoms. The predicted molar refractivity (Wildman–Crippen MR) is 104 cm³/mol. The Kier molecular flexibility index (Phi) is 3.35. The van der Waals surface area contributed by atoms with E-state index in [9.17, 15) is 8.78 Å². The van der Waals surface area contributed by atoms with Crippen molar-refractivity contribution in [1.82, 2.24) is 14.1 Å². The number of imidazole rings is 1. The molecule has 0 bridgehead atoms. The first-order chi connectivity index (χ1) is 13.0. The van der Waals surface area contributed by atoms with Gasteiger partial charge in [-0.15, -0.1) is 0 Å². The highest BCUT2D eigenvalue weighted by Gasteiger charge is 2.27. The second kappa shape index (κ2) is 5.55. The molecule has 4 aromatic rings. The van der Waals surface area contributed by atoms with E-state index in [0.717, 1.165) is 40.8 Å². The molecule has 0 fully saturated rings. The third-order valence-electron chi connectivity index (χ3n) is 5.56. The Hall–Kier alpha value is -2.89. The molecule has 0 saturated heterocycles. The molecule has 1 atom stereocenters. The minimum absolute atomic E-state index is 0.224. The number of rotatable bonds is 2. The number of hydrogen-bond acceptors (Lipinski definition) is 2. The third kappa shape index (κ3) is 2.22. The summed E-state index contributed by atoms with van der Waals surface area (Å²) in [6.07, 6.45) is 0.929. The van der Waals surface area contributed by atoms with Crippen molar-refractivity contribution in [3.8, 4) is 11.5 Å². The maximum Gasteiger partial charge on any atom is 0.157 e. The van der Waals surface area contributed by atoms with E-state index in [4.69, 9.17) is 4.98 Å². The second-order valence-electron chi connectivity index (χ2n) is 7.34. The van der Waals surface area contributed by atoms with Gasteiger partial charge in [0.1, 0.15) is 17.2 Å². The first-order valence-electron chi connectivity index (χ1n) is 9.19. The van der Waals surface area contributed by atoms with Crippen LogP contribution >= 0.6 is 0 Å². The van der Waals surface area contributed by atoms with Gasteiger partial charge in [0.2, 0.25) is 0 Å². The molecule has 27 heavy (non-hydrogen) atoms. The Morgan fingerprint density at radius 2 is 1.96 bits per heavy atom. The summed E-state index contributed by atoms with van der Waals surface area (Å²) in [5, 5.41) is 4.17. The van der Waals surface area contributed by atoms with Gasteiger partial charge in [0, 0.05) is 19.0 Å².